The molecule has 0 aromatic carbocycles. The van der Waals surface area contributed by atoms with Crippen molar-refractivity contribution in [2.24, 2.45) is 17.7 Å². The van der Waals surface area contributed by atoms with Crippen LogP contribution in [0.3, 0.4) is 0 Å². The lowest BCUT2D eigenvalue weighted by Gasteiger charge is -2.23. The highest BCUT2D eigenvalue weighted by Gasteiger charge is 2.26. The molecule has 0 aliphatic rings. The van der Waals surface area contributed by atoms with Gasteiger partial charge in [-0.3, -0.25) is 19.8 Å². The molecule has 128 valence electrons. The monoisotopic (exact) mass is 314 g/mol. The van der Waals surface area contributed by atoms with Gasteiger partial charge in [-0.1, -0.05) is 34.1 Å². The van der Waals surface area contributed by atoms with Crippen molar-refractivity contribution in [1.82, 2.24) is 16.1 Å². The number of hydrogen-bond donors (Lipinski definition) is 4. The summed E-state index contributed by atoms with van der Waals surface area (Å²) in [5, 5.41) is 5.28. The van der Waals surface area contributed by atoms with Crippen LogP contribution in [0.15, 0.2) is 0 Å². The maximum Gasteiger partial charge on any atom is 0.256 e. The Kier molecular flexibility index (Phi) is 9.40. The molecule has 0 aromatic rings. The zero-order valence-electron chi connectivity index (χ0n) is 14.2. The van der Waals surface area contributed by atoms with Gasteiger partial charge >= 0.3 is 0 Å². The third kappa shape index (κ3) is 7.97. The van der Waals surface area contributed by atoms with Crippen LogP contribution in [0.25, 0.3) is 0 Å². The van der Waals surface area contributed by atoms with Gasteiger partial charge < -0.3 is 10.6 Å². The second kappa shape index (κ2) is 10.2. The van der Waals surface area contributed by atoms with Gasteiger partial charge in [0.1, 0.15) is 12.1 Å². The topological polar surface area (TPSA) is 113 Å². The molecule has 0 bridgehead atoms. The van der Waals surface area contributed by atoms with Crippen LogP contribution in [0, 0.1) is 11.8 Å². The molecule has 0 aliphatic carbocycles. The molecule has 7 heteroatoms. The fraction of sp³-hybridized carbons (Fsp3) is 0.800. The first kappa shape index (κ1) is 20.4. The van der Waals surface area contributed by atoms with Crippen LogP contribution in [-0.4, -0.2) is 29.8 Å². The van der Waals surface area contributed by atoms with Gasteiger partial charge in [0, 0.05) is 6.42 Å². The molecule has 0 radical (unpaired) electrons. The van der Waals surface area contributed by atoms with Crippen molar-refractivity contribution < 1.29 is 14.4 Å². The average molecular weight is 314 g/mol. The van der Waals surface area contributed by atoms with Crippen molar-refractivity contribution in [2.45, 2.75) is 66.0 Å². The molecule has 0 heterocycles. The van der Waals surface area contributed by atoms with E-state index in [1.807, 2.05) is 19.3 Å². The van der Waals surface area contributed by atoms with E-state index in [0.717, 1.165) is 12.8 Å². The Bertz CT molecular complexity index is 383. The molecule has 0 unspecified atom stereocenters. The summed E-state index contributed by atoms with van der Waals surface area (Å²) in [5.74, 6) is 4.47. The Morgan fingerprint density at radius 1 is 0.955 bits per heavy atom. The number of hydrazine groups is 1. The van der Waals surface area contributed by atoms with E-state index in [-0.39, 0.29) is 17.7 Å². The van der Waals surface area contributed by atoms with Crippen molar-refractivity contribution in [1.29, 1.82) is 0 Å². The molecular formula is C15H30N4O3. The summed E-state index contributed by atoms with van der Waals surface area (Å²) in [4.78, 5) is 35.4. The lowest BCUT2D eigenvalue weighted by molar-refractivity contribution is -0.132. The summed E-state index contributed by atoms with van der Waals surface area (Å²) in [5.41, 5.74) is 1.98. The minimum absolute atomic E-state index is 0.0813. The van der Waals surface area contributed by atoms with Crippen molar-refractivity contribution in [3.8, 4) is 0 Å². The molecule has 0 saturated carbocycles. The Labute approximate surface area is 132 Å². The van der Waals surface area contributed by atoms with E-state index in [1.165, 1.54) is 6.92 Å². The lowest BCUT2D eigenvalue weighted by atomic mass is 10.0. The normalized spacial score (nSPS) is 13.6. The van der Waals surface area contributed by atoms with Crippen LogP contribution < -0.4 is 21.9 Å². The van der Waals surface area contributed by atoms with Gasteiger partial charge in [0.05, 0.1) is 0 Å². The molecule has 5 N–H and O–H groups in total. The fourth-order valence-electron chi connectivity index (χ4n) is 1.95. The molecule has 2 atom stereocenters. The van der Waals surface area contributed by atoms with Gasteiger partial charge in [-0.25, -0.2) is 5.84 Å². The number of hydrogen-bond acceptors (Lipinski definition) is 4. The quantitative estimate of drug-likeness (QED) is 0.281. The number of carbonyl (C=O) groups is 3. The smallest absolute Gasteiger partial charge is 0.256 e. The number of carbonyl (C=O) groups excluding carboxylic acids is 3. The number of nitrogens with one attached hydrogen (secondary N) is 3. The van der Waals surface area contributed by atoms with E-state index in [2.05, 4.69) is 24.5 Å². The van der Waals surface area contributed by atoms with E-state index < -0.39 is 18.0 Å². The Morgan fingerprint density at radius 2 is 1.55 bits per heavy atom. The first-order valence-electron chi connectivity index (χ1n) is 7.79. The maximum absolute atomic E-state index is 12.2. The maximum atomic E-state index is 12.2. The minimum atomic E-state index is -0.753. The standard InChI is InChI=1S/C15H30N4O3/c1-9(2)7-6-8-12(20)18-13(10(3)4)15(22)17-11(5)14(21)19-16/h9-11,13H,6-8,16H2,1-5H3,(H,17,22)(H,18,20)(H,19,21)/t11-,13-/m0/s1. The molecule has 0 rings (SSSR count). The van der Waals surface area contributed by atoms with Crippen molar-refractivity contribution in [2.75, 3.05) is 0 Å². The van der Waals surface area contributed by atoms with Crippen LogP contribution in [0.1, 0.15) is 53.9 Å². The van der Waals surface area contributed by atoms with Crippen molar-refractivity contribution >= 4 is 17.7 Å². The van der Waals surface area contributed by atoms with E-state index >= 15 is 0 Å². The first-order valence-corrected chi connectivity index (χ1v) is 7.79. The van der Waals surface area contributed by atoms with Crippen LogP contribution in [0.5, 0.6) is 0 Å². The van der Waals surface area contributed by atoms with Crippen molar-refractivity contribution in [3.05, 3.63) is 0 Å². The molecule has 0 spiro atoms. The number of nitrogens with two attached hydrogens (primary N) is 1. The molecule has 7 nitrogen and oxygen atoms in total. The molecule has 0 fully saturated rings. The zero-order chi connectivity index (χ0) is 17.3. The average Bonchev–Trinajstić information content (AvgIpc) is 2.42. The van der Waals surface area contributed by atoms with Crippen LogP contribution in [0.4, 0.5) is 0 Å². The molecule has 0 aliphatic heterocycles. The van der Waals surface area contributed by atoms with Gasteiger partial charge in [-0.05, 0) is 25.2 Å². The highest BCUT2D eigenvalue weighted by molar-refractivity contribution is 5.91. The summed E-state index contributed by atoms with van der Waals surface area (Å²) in [7, 11) is 0. The first-order chi connectivity index (χ1) is 10.2. The van der Waals surface area contributed by atoms with E-state index in [9.17, 15) is 14.4 Å². The van der Waals surface area contributed by atoms with Gasteiger partial charge in [0.25, 0.3) is 5.91 Å². The molecule has 22 heavy (non-hydrogen) atoms. The third-order valence-corrected chi connectivity index (χ3v) is 3.35. The number of rotatable bonds is 9. The molecule has 3 amide bonds. The summed E-state index contributed by atoms with van der Waals surface area (Å²) in [6.45, 7) is 9.42. The zero-order valence-corrected chi connectivity index (χ0v) is 14.2. The summed E-state index contributed by atoms with van der Waals surface area (Å²) in [6.07, 6.45) is 2.16. The summed E-state index contributed by atoms with van der Waals surface area (Å²) >= 11 is 0. The lowest BCUT2D eigenvalue weighted by Crippen LogP contribution is -2.55. The highest BCUT2D eigenvalue weighted by atomic mass is 16.2. The van der Waals surface area contributed by atoms with Crippen molar-refractivity contribution in [3.63, 3.8) is 0 Å². The van der Waals surface area contributed by atoms with E-state index in [4.69, 9.17) is 5.84 Å². The van der Waals surface area contributed by atoms with E-state index in [0.29, 0.717) is 12.3 Å². The van der Waals surface area contributed by atoms with Crippen LogP contribution in [-0.2, 0) is 14.4 Å². The SMILES string of the molecule is CC(C)CCCC(=O)N[C@H](C(=O)N[C@@H](C)C(=O)NN)C(C)C. The van der Waals surface area contributed by atoms with E-state index in [1.54, 1.807) is 0 Å². The largest absolute Gasteiger partial charge is 0.344 e. The summed E-state index contributed by atoms with van der Waals surface area (Å²) < 4.78 is 0. The molecular weight excluding hydrogens is 284 g/mol. The van der Waals surface area contributed by atoms with Gasteiger partial charge in [0.15, 0.2) is 0 Å². The van der Waals surface area contributed by atoms with Crippen LogP contribution in [0.2, 0.25) is 0 Å². The third-order valence-electron chi connectivity index (χ3n) is 3.35. The predicted molar refractivity (Wildman–Crippen MR) is 85.4 cm³/mol. The fourth-order valence-corrected chi connectivity index (χ4v) is 1.95. The second-order valence-corrected chi connectivity index (χ2v) is 6.31. The second-order valence-electron chi connectivity index (χ2n) is 6.31. The van der Waals surface area contributed by atoms with Gasteiger partial charge in [-0.2, -0.15) is 0 Å². The van der Waals surface area contributed by atoms with Crippen LogP contribution >= 0.6 is 0 Å². The Hall–Kier alpha value is -1.63. The Morgan fingerprint density at radius 3 is 2.00 bits per heavy atom. The highest BCUT2D eigenvalue weighted by Crippen LogP contribution is 2.08. The summed E-state index contributed by atoms with van der Waals surface area (Å²) in [6, 6.07) is -1.42. The van der Waals surface area contributed by atoms with Gasteiger partial charge in [-0.15, -0.1) is 0 Å². The Balaban J connectivity index is 4.49. The van der Waals surface area contributed by atoms with Gasteiger partial charge in [0.2, 0.25) is 11.8 Å². The molecule has 0 aromatic heterocycles. The number of amides is 3. The molecule has 0 saturated heterocycles. The minimum Gasteiger partial charge on any atom is -0.344 e. The predicted octanol–water partition coefficient (Wildman–Crippen LogP) is 0.448.